The largest absolute Gasteiger partial charge is 0.458 e. The van der Waals surface area contributed by atoms with Gasteiger partial charge in [0.25, 0.3) is 6.33 Å². The summed E-state index contributed by atoms with van der Waals surface area (Å²) in [6.07, 6.45) is 5.46. The van der Waals surface area contributed by atoms with Crippen molar-refractivity contribution in [2.24, 2.45) is 0 Å². The van der Waals surface area contributed by atoms with Crippen LogP contribution in [0.15, 0.2) is 182 Å². The fraction of sp³-hybridized carbons (Fsp3) is 0.197. The summed E-state index contributed by atoms with van der Waals surface area (Å²) in [6, 6.07) is 46.8. The Morgan fingerprint density at radius 3 is 1.90 bits per heavy atom. The van der Waals surface area contributed by atoms with E-state index in [1.807, 2.05) is 83.6 Å². The van der Waals surface area contributed by atoms with E-state index in [1.54, 1.807) is 10.7 Å². The number of rotatable bonds is 8. The van der Waals surface area contributed by atoms with Gasteiger partial charge in [0.2, 0.25) is 0 Å². The highest BCUT2D eigenvalue weighted by molar-refractivity contribution is 6.09. The smallest absolute Gasteiger partial charge is 0.273 e. The van der Waals surface area contributed by atoms with Crippen LogP contribution in [0.1, 0.15) is 85.9 Å². The summed E-state index contributed by atoms with van der Waals surface area (Å²) in [5, 5.41) is 7.52. The lowest BCUT2D eigenvalue weighted by molar-refractivity contribution is -0.659. The van der Waals surface area contributed by atoms with Crippen LogP contribution >= 0.6 is 0 Å². The van der Waals surface area contributed by atoms with E-state index >= 15 is 0 Å². The number of fused-ring (bicyclic) bond motifs is 3. The van der Waals surface area contributed by atoms with Crippen molar-refractivity contribution in [3.63, 3.8) is 0 Å². The van der Waals surface area contributed by atoms with Crippen LogP contribution in [0.5, 0.6) is 11.5 Å². The third-order valence-corrected chi connectivity index (χ3v) is 12.4. The van der Waals surface area contributed by atoms with Gasteiger partial charge in [-0.05, 0) is 97.7 Å². The Morgan fingerprint density at radius 2 is 1.18 bits per heavy atom. The second kappa shape index (κ2) is 16.7. The van der Waals surface area contributed by atoms with Gasteiger partial charge in [0, 0.05) is 28.6 Å². The van der Waals surface area contributed by atoms with E-state index in [9.17, 15) is 2.74 Å². The third kappa shape index (κ3) is 8.45. The molecule has 0 fully saturated rings. The van der Waals surface area contributed by atoms with E-state index in [0.29, 0.717) is 34.3 Å². The van der Waals surface area contributed by atoms with Crippen LogP contribution in [0.4, 0.5) is 0 Å². The Hall–Kier alpha value is -7.57. The molecular weight excluding hydrogens is 819 g/mol. The van der Waals surface area contributed by atoms with Gasteiger partial charge in [-0.25, -0.2) is 4.98 Å². The Bertz CT molecular complexity index is 3680. The number of para-hydroxylation sites is 2. The standard InChI is InChI=1S/C61H57N5O/c1-59(2,3)44-32-33-62-56(37-44)66-54-29-17-16-26-52(54)53-31-30-49(39-55(53)66)67-48-25-18-24-47(38-48)64-40-65(63-58(64)42-22-14-11-15-23-42)57-50(41-20-12-10-13-21-41)27-19-28-51(57)43-34-45(60(4,5)6)36-46(35-43)61(7,8)9/h10-39H,1-9H3/i10D,12D,13D,20D,21D. The number of hydrogen-bond acceptors (Lipinski definition) is 3. The lowest BCUT2D eigenvalue weighted by Gasteiger charge is -2.27. The van der Waals surface area contributed by atoms with Crippen LogP contribution in [0, 0.1) is 6.33 Å². The zero-order valence-corrected chi connectivity index (χ0v) is 39.6. The van der Waals surface area contributed by atoms with Crippen molar-refractivity contribution < 1.29 is 16.3 Å². The SMILES string of the molecule is [2H]c1c([2H])c([2H])c(-c2cccc(-c3cc(C(C)(C)C)cc(C(C)(C)C)c3)c2-[n+]2[c-]n(-c3cccc(Oc4ccc5c6ccccc6n(-c6cc(C(C)(C)C)ccn6)c5c4)c3)c(-c3ccccc3)n2)c([2H])c1[2H]. The van der Waals surface area contributed by atoms with Gasteiger partial charge in [-0.1, -0.05) is 190 Å². The molecule has 0 saturated carbocycles. The van der Waals surface area contributed by atoms with Crippen molar-refractivity contribution in [3.8, 4) is 62.3 Å². The normalized spacial score (nSPS) is 13.3. The molecule has 3 heterocycles. The van der Waals surface area contributed by atoms with Crippen molar-refractivity contribution in [1.82, 2.24) is 19.2 Å². The summed E-state index contributed by atoms with van der Waals surface area (Å²) in [6.45, 7) is 19.8. The molecule has 0 bridgehead atoms. The molecule has 0 saturated heterocycles. The molecular formula is C61H57N5O. The maximum Gasteiger partial charge on any atom is 0.273 e. The highest BCUT2D eigenvalue weighted by atomic mass is 16.5. The maximum absolute atomic E-state index is 9.19. The first-order chi connectivity index (χ1) is 34.2. The van der Waals surface area contributed by atoms with Gasteiger partial charge in [0.15, 0.2) is 5.82 Å². The topological polar surface area (TPSA) is 48.8 Å². The Labute approximate surface area is 401 Å². The first-order valence-corrected chi connectivity index (χ1v) is 22.8. The number of benzene rings is 7. The highest BCUT2D eigenvalue weighted by Gasteiger charge is 2.25. The molecule has 0 aliphatic heterocycles. The quantitative estimate of drug-likeness (QED) is 0.113. The zero-order chi connectivity index (χ0) is 51.0. The van der Waals surface area contributed by atoms with E-state index < -0.39 is 18.1 Å². The second-order valence-corrected chi connectivity index (χ2v) is 20.3. The molecule has 0 radical (unpaired) electrons. The van der Waals surface area contributed by atoms with Gasteiger partial charge in [0.05, 0.1) is 29.3 Å². The van der Waals surface area contributed by atoms with E-state index in [1.165, 1.54) is 5.56 Å². The monoisotopic (exact) mass is 880 g/mol. The van der Waals surface area contributed by atoms with Gasteiger partial charge < -0.3 is 4.74 Å². The zero-order valence-electron chi connectivity index (χ0n) is 44.6. The lowest BCUT2D eigenvalue weighted by Crippen LogP contribution is -2.34. The molecule has 0 aliphatic rings. The molecule has 0 unspecified atom stereocenters. The van der Waals surface area contributed by atoms with Crippen molar-refractivity contribution in [3.05, 3.63) is 205 Å². The third-order valence-electron chi connectivity index (χ3n) is 12.4. The summed E-state index contributed by atoms with van der Waals surface area (Å²) in [7, 11) is 0. The van der Waals surface area contributed by atoms with E-state index in [-0.39, 0.29) is 33.9 Å². The minimum absolute atomic E-state index is 0.0632. The molecule has 0 atom stereocenters. The second-order valence-electron chi connectivity index (χ2n) is 20.3. The van der Waals surface area contributed by atoms with Gasteiger partial charge in [-0.3, -0.25) is 9.13 Å². The predicted octanol–water partition coefficient (Wildman–Crippen LogP) is 15.1. The Kier molecular flexibility index (Phi) is 9.38. The van der Waals surface area contributed by atoms with Gasteiger partial charge in [-0.15, -0.1) is 5.10 Å². The Balaban J connectivity index is 1.16. The molecule has 0 spiro atoms. The molecule has 3 aromatic heterocycles. The van der Waals surface area contributed by atoms with Gasteiger partial charge in [0.1, 0.15) is 17.3 Å². The lowest BCUT2D eigenvalue weighted by atomic mass is 9.78. The van der Waals surface area contributed by atoms with Gasteiger partial charge in [-0.2, -0.15) is 4.68 Å². The van der Waals surface area contributed by atoms with Crippen LogP contribution in [0.25, 0.3) is 72.6 Å². The summed E-state index contributed by atoms with van der Waals surface area (Å²) in [5.74, 6) is 2.62. The van der Waals surface area contributed by atoms with Crippen molar-refractivity contribution >= 4 is 21.8 Å². The summed E-state index contributed by atoms with van der Waals surface area (Å²) in [4.78, 5) is 4.87. The number of nitrogens with zero attached hydrogens (tertiary/aromatic N) is 5. The number of hydrogen-bond donors (Lipinski definition) is 0. The number of pyridine rings is 1. The first kappa shape index (κ1) is 37.6. The van der Waals surface area contributed by atoms with Crippen molar-refractivity contribution in [2.75, 3.05) is 0 Å². The average molecular weight is 881 g/mol. The van der Waals surface area contributed by atoms with Crippen LogP contribution in [-0.2, 0) is 16.2 Å². The molecule has 6 heteroatoms. The summed E-state index contributed by atoms with van der Waals surface area (Å²) in [5.41, 5.74) is 9.19. The molecule has 0 aliphatic carbocycles. The minimum Gasteiger partial charge on any atom is -0.458 e. The molecule has 67 heavy (non-hydrogen) atoms. The van der Waals surface area contributed by atoms with Crippen LogP contribution in [0.2, 0.25) is 0 Å². The molecule has 6 nitrogen and oxygen atoms in total. The summed E-state index contributed by atoms with van der Waals surface area (Å²) < 4.78 is 56.8. The minimum atomic E-state index is -0.457. The number of ether oxygens (including phenoxy) is 1. The number of aromatic nitrogens is 5. The van der Waals surface area contributed by atoms with Crippen LogP contribution < -0.4 is 9.42 Å². The van der Waals surface area contributed by atoms with Crippen LogP contribution in [-0.4, -0.2) is 19.2 Å². The highest BCUT2D eigenvalue weighted by Crippen LogP contribution is 2.40. The fourth-order valence-corrected chi connectivity index (χ4v) is 8.69. The van der Waals surface area contributed by atoms with Crippen molar-refractivity contribution in [1.29, 1.82) is 0 Å². The molecule has 7 aromatic carbocycles. The molecule has 10 rings (SSSR count). The Morgan fingerprint density at radius 1 is 0.537 bits per heavy atom. The molecule has 10 aromatic rings. The maximum atomic E-state index is 9.19. The molecule has 332 valence electrons. The van der Waals surface area contributed by atoms with E-state index in [0.717, 1.165) is 55.4 Å². The summed E-state index contributed by atoms with van der Waals surface area (Å²) >= 11 is 0. The van der Waals surface area contributed by atoms with Crippen molar-refractivity contribution in [2.45, 2.75) is 78.6 Å². The average Bonchev–Trinajstić information content (AvgIpc) is 3.95. The molecule has 0 amide bonds. The first-order valence-electron chi connectivity index (χ1n) is 25.3. The predicted molar refractivity (Wildman–Crippen MR) is 275 cm³/mol. The van der Waals surface area contributed by atoms with E-state index in [4.69, 9.17) is 18.9 Å². The van der Waals surface area contributed by atoms with Gasteiger partial charge >= 0.3 is 0 Å². The molecule has 0 N–H and O–H groups in total. The van der Waals surface area contributed by atoms with E-state index in [2.05, 4.69) is 140 Å². The fourth-order valence-electron chi connectivity index (χ4n) is 8.69. The van der Waals surface area contributed by atoms with Crippen LogP contribution in [0.3, 0.4) is 0 Å².